The third-order valence-electron chi connectivity index (χ3n) is 4.76. The van der Waals surface area contributed by atoms with E-state index in [-0.39, 0.29) is 42.3 Å². The number of nitrogens with zero attached hydrogens (tertiary/aromatic N) is 4. The Balaban J connectivity index is 0.00000140. The SMILES string of the molecule is Cl.Cl.NC1CCC(c2nc(-c3ccc[nH]c3=O)nn2-c2ccc(Cl)cn2)CC1. The Morgan fingerprint density at radius 1 is 1.14 bits per heavy atom. The van der Waals surface area contributed by atoms with E-state index in [9.17, 15) is 4.79 Å². The number of aromatic nitrogens is 5. The van der Waals surface area contributed by atoms with Gasteiger partial charge in [-0.05, 0) is 49.9 Å². The minimum atomic E-state index is -0.217. The molecule has 0 aromatic carbocycles. The highest BCUT2D eigenvalue weighted by Gasteiger charge is 2.27. The molecule has 3 N–H and O–H groups in total. The monoisotopic (exact) mass is 442 g/mol. The highest BCUT2D eigenvalue weighted by molar-refractivity contribution is 6.30. The van der Waals surface area contributed by atoms with Crippen LogP contribution in [0.5, 0.6) is 0 Å². The molecular weight excluding hydrogens is 423 g/mol. The molecule has 1 aliphatic carbocycles. The Morgan fingerprint density at radius 2 is 1.89 bits per heavy atom. The van der Waals surface area contributed by atoms with Crippen LogP contribution in [0.25, 0.3) is 17.2 Å². The van der Waals surface area contributed by atoms with Gasteiger partial charge in [-0.1, -0.05) is 11.6 Å². The molecule has 0 saturated heterocycles. The maximum atomic E-state index is 12.1. The average Bonchev–Trinajstić information content (AvgIpc) is 3.08. The lowest BCUT2D eigenvalue weighted by Gasteiger charge is -2.25. The van der Waals surface area contributed by atoms with E-state index in [4.69, 9.17) is 22.3 Å². The molecule has 1 saturated carbocycles. The summed E-state index contributed by atoms with van der Waals surface area (Å²) in [6.07, 6.45) is 6.96. The lowest BCUT2D eigenvalue weighted by Crippen LogP contribution is -2.26. The molecule has 3 aromatic rings. The predicted octanol–water partition coefficient (Wildman–Crippen LogP) is 3.50. The van der Waals surface area contributed by atoms with E-state index in [2.05, 4.69) is 15.1 Å². The summed E-state index contributed by atoms with van der Waals surface area (Å²) in [5, 5.41) is 5.14. The van der Waals surface area contributed by atoms with Crippen molar-refractivity contribution < 1.29 is 0 Å². The molecule has 150 valence electrons. The van der Waals surface area contributed by atoms with Crippen LogP contribution in [0.2, 0.25) is 5.02 Å². The molecule has 3 heterocycles. The number of H-pyrrole nitrogens is 1. The van der Waals surface area contributed by atoms with Gasteiger partial charge in [0.2, 0.25) is 0 Å². The fraction of sp³-hybridized carbons (Fsp3) is 0.333. The van der Waals surface area contributed by atoms with Crippen LogP contribution >= 0.6 is 36.4 Å². The molecular formula is C18H21Cl3N6O. The van der Waals surface area contributed by atoms with Gasteiger partial charge >= 0.3 is 0 Å². The largest absolute Gasteiger partial charge is 0.328 e. The summed E-state index contributed by atoms with van der Waals surface area (Å²) in [6.45, 7) is 0. The number of hydrogen-bond acceptors (Lipinski definition) is 5. The molecule has 0 atom stereocenters. The van der Waals surface area contributed by atoms with Crippen LogP contribution in [0, 0.1) is 0 Å². The molecule has 0 bridgehead atoms. The second-order valence-corrected chi connectivity index (χ2v) is 7.00. The molecule has 10 heteroatoms. The number of nitrogens with one attached hydrogen (secondary N) is 1. The normalized spacial score (nSPS) is 18.8. The molecule has 0 unspecified atom stereocenters. The minimum absolute atomic E-state index is 0. The molecule has 7 nitrogen and oxygen atoms in total. The number of aromatic amines is 1. The van der Waals surface area contributed by atoms with Gasteiger partial charge in [-0.15, -0.1) is 29.9 Å². The van der Waals surface area contributed by atoms with Gasteiger partial charge < -0.3 is 10.7 Å². The summed E-state index contributed by atoms with van der Waals surface area (Å²) in [5.74, 6) is 2.07. The summed E-state index contributed by atoms with van der Waals surface area (Å²) in [5.41, 5.74) is 6.26. The maximum Gasteiger partial charge on any atom is 0.259 e. The molecule has 0 radical (unpaired) electrons. The highest BCUT2D eigenvalue weighted by atomic mass is 35.5. The second-order valence-electron chi connectivity index (χ2n) is 6.56. The molecule has 4 rings (SSSR count). The molecule has 1 fully saturated rings. The van der Waals surface area contributed by atoms with Crippen LogP contribution in [0.15, 0.2) is 41.5 Å². The van der Waals surface area contributed by atoms with Crippen LogP contribution in [-0.4, -0.2) is 30.8 Å². The molecule has 1 aliphatic rings. The first-order valence-electron chi connectivity index (χ1n) is 8.64. The zero-order valence-corrected chi connectivity index (χ0v) is 17.3. The van der Waals surface area contributed by atoms with Crippen LogP contribution < -0.4 is 11.3 Å². The molecule has 0 aliphatic heterocycles. The van der Waals surface area contributed by atoms with Gasteiger partial charge in [0.15, 0.2) is 11.6 Å². The van der Waals surface area contributed by atoms with E-state index in [1.165, 1.54) is 0 Å². The first-order valence-corrected chi connectivity index (χ1v) is 9.02. The van der Waals surface area contributed by atoms with Gasteiger partial charge in [0, 0.05) is 24.4 Å². The van der Waals surface area contributed by atoms with Crippen molar-refractivity contribution in [2.24, 2.45) is 5.73 Å². The summed E-state index contributed by atoms with van der Waals surface area (Å²) >= 11 is 5.96. The highest BCUT2D eigenvalue weighted by Crippen LogP contribution is 2.33. The third-order valence-corrected chi connectivity index (χ3v) is 4.98. The van der Waals surface area contributed by atoms with Crippen LogP contribution in [0.3, 0.4) is 0 Å². The average molecular weight is 444 g/mol. The second kappa shape index (κ2) is 9.52. The Morgan fingerprint density at radius 3 is 2.54 bits per heavy atom. The summed E-state index contributed by atoms with van der Waals surface area (Å²) < 4.78 is 1.72. The lowest BCUT2D eigenvalue weighted by molar-refractivity contribution is 0.380. The zero-order valence-electron chi connectivity index (χ0n) is 14.9. The number of halogens is 3. The molecule has 0 spiro atoms. The van der Waals surface area contributed by atoms with E-state index in [1.54, 1.807) is 41.3 Å². The van der Waals surface area contributed by atoms with Crippen molar-refractivity contribution in [3.05, 3.63) is 57.9 Å². The standard InChI is InChI=1S/C18H19ClN6O.2ClH/c19-12-5-8-15(22-10-12)25-17(11-3-6-13(20)7-4-11)23-16(24-25)14-2-1-9-21-18(14)26;;/h1-2,5,8-11,13H,3-4,6-7,20H2,(H,21,26);2*1H. The number of rotatable bonds is 3. The Hall–Kier alpha value is -1.93. The Kier molecular flexibility index (Phi) is 7.60. The van der Waals surface area contributed by atoms with Crippen molar-refractivity contribution >= 4 is 36.4 Å². The summed E-state index contributed by atoms with van der Waals surface area (Å²) in [6, 6.07) is 7.29. The molecule has 3 aromatic heterocycles. The molecule has 0 amide bonds. The van der Waals surface area contributed by atoms with E-state index >= 15 is 0 Å². The van der Waals surface area contributed by atoms with Crippen LogP contribution in [0.4, 0.5) is 0 Å². The van der Waals surface area contributed by atoms with Crippen molar-refractivity contribution in [1.82, 2.24) is 24.7 Å². The summed E-state index contributed by atoms with van der Waals surface area (Å²) in [7, 11) is 0. The number of pyridine rings is 2. The van der Waals surface area contributed by atoms with Gasteiger partial charge in [-0.2, -0.15) is 4.68 Å². The first kappa shape index (κ1) is 22.4. The smallest absolute Gasteiger partial charge is 0.259 e. The fourth-order valence-electron chi connectivity index (χ4n) is 3.34. The lowest BCUT2D eigenvalue weighted by atomic mass is 9.86. The van der Waals surface area contributed by atoms with Crippen LogP contribution in [-0.2, 0) is 0 Å². The zero-order chi connectivity index (χ0) is 18.1. The van der Waals surface area contributed by atoms with Crippen LogP contribution in [0.1, 0.15) is 37.4 Å². The fourth-order valence-corrected chi connectivity index (χ4v) is 3.45. The maximum absolute atomic E-state index is 12.1. The van der Waals surface area contributed by atoms with E-state index < -0.39 is 0 Å². The number of nitrogens with two attached hydrogens (primary N) is 1. The van der Waals surface area contributed by atoms with Gasteiger partial charge in [-0.25, -0.2) is 9.97 Å². The van der Waals surface area contributed by atoms with Crippen molar-refractivity contribution in [2.75, 3.05) is 0 Å². The van der Waals surface area contributed by atoms with E-state index in [0.29, 0.717) is 22.2 Å². The van der Waals surface area contributed by atoms with Crippen molar-refractivity contribution in [1.29, 1.82) is 0 Å². The molecule has 28 heavy (non-hydrogen) atoms. The van der Waals surface area contributed by atoms with Gasteiger partial charge in [-0.3, -0.25) is 4.79 Å². The Labute approximate surface area is 179 Å². The summed E-state index contributed by atoms with van der Waals surface area (Å²) in [4.78, 5) is 23.9. The topological polar surface area (TPSA) is 102 Å². The van der Waals surface area contributed by atoms with E-state index in [1.807, 2.05) is 0 Å². The first-order chi connectivity index (χ1) is 12.6. The van der Waals surface area contributed by atoms with Crippen molar-refractivity contribution in [2.45, 2.75) is 37.6 Å². The van der Waals surface area contributed by atoms with Gasteiger partial charge in [0.1, 0.15) is 5.82 Å². The predicted molar refractivity (Wildman–Crippen MR) is 114 cm³/mol. The van der Waals surface area contributed by atoms with Gasteiger partial charge in [0.25, 0.3) is 5.56 Å². The van der Waals surface area contributed by atoms with Crippen molar-refractivity contribution in [3.8, 4) is 17.2 Å². The Bertz CT molecular complexity index is 964. The number of hydrogen-bond donors (Lipinski definition) is 2. The van der Waals surface area contributed by atoms with Crippen molar-refractivity contribution in [3.63, 3.8) is 0 Å². The quantitative estimate of drug-likeness (QED) is 0.645. The van der Waals surface area contributed by atoms with E-state index in [0.717, 1.165) is 31.5 Å². The van der Waals surface area contributed by atoms with Gasteiger partial charge in [0.05, 0.1) is 10.6 Å². The third kappa shape index (κ3) is 4.55. The minimum Gasteiger partial charge on any atom is -0.328 e.